The predicted octanol–water partition coefficient (Wildman–Crippen LogP) is -1.36. The van der Waals surface area contributed by atoms with Gasteiger partial charge in [0.25, 0.3) is 0 Å². The van der Waals surface area contributed by atoms with Crippen molar-refractivity contribution >= 4 is 11.9 Å². The quantitative estimate of drug-likeness (QED) is 0.502. The van der Waals surface area contributed by atoms with Crippen LogP contribution in [-0.4, -0.2) is 49.1 Å². The van der Waals surface area contributed by atoms with Crippen LogP contribution in [-0.2, 0) is 4.79 Å². The van der Waals surface area contributed by atoms with Gasteiger partial charge in [0, 0.05) is 25.7 Å². The molecule has 1 saturated heterocycles. The van der Waals surface area contributed by atoms with Crippen molar-refractivity contribution in [3.05, 3.63) is 12.7 Å². The molecule has 0 aromatic rings. The number of carbonyl (C=O) groups is 2. The Morgan fingerprint density at radius 3 is 2.73 bits per heavy atom. The van der Waals surface area contributed by atoms with Crippen molar-refractivity contribution in [1.82, 2.24) is 15.5 Å². The molecule has 1 aliphatic heterocycles. The molecule has 6 nitrogen and oxygen atoms in total. The van der Waals surface area contributed by atoms with Crippen LogP contribution in [0.25, 0.3) is 0 Å². The van der Waals surface area contributed by atoms with Crippen molar-refractivity contribution in [3.8, 4) is 0 Å². The molecule has 4 N–H and O–H groups in total. The molecular weight excluding hydrogens is 196 g/mol. The number of imide groups is 1. The van der Waals surface area contributed by atoms with E-state index in [4.69, 9.17) is 5.73 Å². The van der Waals surface area contributed by atoms with E-state index in [0.29, 0.717) is 19.6 Å². The Morgan fingerprint density at radius 2 is 2.20 bits per heavy atom. The molecule has 3 amide bonds. The van der Waals surface area contributed by atoms with Gasteiger partial charge in [-0.3, -0.25) is 15.0 Å². The lowest BCUT2D eigenvalue weighted by molar-refractivity contribution is -0.122. The molecule has 0 radical (unpaired) electrons. The first-order valence-corrected chi connectivity index (χ1v) is 4.78. The second-order valence-electron chi connectivity index (χ2n) is 3.50. The maximum atomic E-state index is 11.2. The molecule has 0 bridgehead atoms. The summed E-state index contributed by atoms with van der Waals surface area (Å²) in [7, 11) is 0. The van der Waals surface area contributed by atoms with Crippen molar-refractivity contribution in [2.75, 3.05) is 26.2 Å². The standard InChI is InChI=1S/C9H16N4O2/c1-2-3-11-9(15)12-8(14)6-13-4-7(10)5-13/h2,7H,1,3-6,10H2,(H2,11,12,14,15). The van der Waals surface area contributed by atoms with Crippen LogP contribution in [0.1, 0.15) is 0 Å². The minimum Gasteiger partial charge on any atom is -0.334 e. The van der Waals surface area contributed by atoms with E-state index >= 15 is 0 Å². The number of nitrogens with one attached hydrogen (secondary N) is 2. The summed E-state index contributed by atoms with van der Waals surface area (Å²) in [6.45, 7) is 5.42. The van der Waals surface area contributed by atoms with E-state index < -0.39 is 6.03 Å². The molecule has 6 heteroatoms. The van der Waals surface area contributed by atoms with Gasteiger partial charge < -0.3 is 11.1 Å². The average molecular weight is 212 g/mol. The lowest BCUT2D eigenvalue weighted by Gasteiger charge is -2.35. The third-order valence-electron chi connectivity index (χ3n) is 2.01. The predicted molar refractivity (Wildman–Crippen MR) is 56.2 cm³/mol. The normalized spacial score (nSPS) is 16.6. The van der Waals surface area contributed by atoms with Crippen molar-refractivity contribution in [2.24, 2.45) is 5.73 Å². The minimum absolute atomic E-state index is 0.160. The van der Waals surface area contributed by atoms with Crippen LogP contribution in [0, 0.1) is 0 Å². The minimum atomic E-state index is -0.496. The highest BCUT2D eigenvalue weighted by molar-refractivity contribution is 5.95. The second-order valence-corrected chi connectivity index (χ2v) is 3.50. The SMILES string of the molecule is C=CCNC(=O)NC(=O)CN1CC(N)C1. The molecule has 0 saturated carbocycles. The Balaban J connectivity index is 2.12. The van der Waals surface area contributed by atoms with Crippen LogP contribution < -0.4 is 16.4 Å². The summed E-state index contributed by atoms with van der Waals surface area (Å²) >= 11 is 0. The number of likely N-dealkylation sites (tertiary alicyclic amines) is 1. The van der Waals surface area contributed by atoms with Gasteiger partial charge in [-0.05, 0) is 0 Å². The fourth-order valence-corrected chi connectivity index (χ4v) is 1.32. The molecule has 0 aromatic carbocycles. The number of nitrogens with two attached hydrogens (primary N) is 1. The summed E-state index contributed by atoms with van der Waals surface area (Å²) in [6.07, 6.45) is 1.54. The zero-order valence-electron chi connectivity index (χ0n) is 8.53. The van der Waals surface area contributed by atoms with E-state index in [9.17, 15) is 9.59 Å². The van der Waals surface area contributed by atoms with E-state index in [2.05, 4.69) is 17.2 Å². The van der Waals surface area contributed by atoms with Gasteiger partial charge in [-0.1, -0.05) is 6.08 Å². The lowest BCUT2D eigenvalue weighted by Crippen LogP contribution is -2.58. The highest BCUT2D eigenvalue weighted by atomic mass is 16.2. The van der Waals surface area contributed by atoms with E-state index in [1.165, 1.54) is 0 Å². The molecule has 84 valence electrons. The Bertz CT molecular complexity index is 261. The van der Waals surface area contributed by atoms with Crippen molar-refractivity contribution in [1.29, 1.82) is 0 Å². The zero-order valence-corrected chi connectivity index (χ0v) is 8.53. The average Bonchev–Trinajstić information content (AvgIpc) is 2.12. The summed E-state index contributed by atoms with van der Waals surface area (Å²) in [5, 5.41) is 4.66. The number of carbonyl (C=O) groups excluding carboxylic acids is 2. The molecule has 0 spiro atoms. The monoisotopic (exact) mass is 212 g/mol. The summed E-state index contributed by atoms with van der Waals surface area (Å²) in [5.41, 5.74) is 5.55. The van der Waals surface area contributed by atoms with Gasteiger partial charge in [0.05, 0.1) is 6.54 Å². The van der Waals surface area contributed by atoms with Gasteiger partial charge in [-0.15, -0.1) is 6.58 Å². The first-order valence-electron chi connectivity index (χ1n) is 4.78. The van der Waals surface area contributed by atoms with Gasteiger partial charge in [0.2, 0.25) is 5.91 Å². The fraction of sp³-hybridized carbons (Fsp3) is 0.556. The van der Waals surface area contributed by atoms with Gasteiger partial charge in [-0.25, -0.2) is 4.79 Å². The Hall–Kier alpha value is -1.40. The first-order chi connectivity index (χ1) is 7.11. The zero-order chi connectivity index (χ0) is 11.3. The maximum absolute atomic E-state index is 11.2. The Morgan fingerprint density at radius 1 is 1.53 bits per heavy atom. The molecular formula is C9H16N4O2. The molecule has 15 heavy (non-hydrogen) atoms. The van der Waals surface area contributed by atoms with E-state index in [-0.39, 0.29) is 18.5 Å². The first kappa shape index (κ1) is 11.7. The topological polar surface area (TPSA) is 87.5 Å². The van der Waals surface area contributed by atoms with Crippen LogP contribution in [0.2, 0.25) is 0 Å². The van der Waals surface area contributed by atoms with Gasteiger partial charge in [-0.2, -0.15) is 0 Å². The molecule has 1 fully saturated rings. The second kappa shape index (κ2) is 5.47. The molecule has 1 aliphatic rings. The number of amides is 3. The summed E-state index contributed by atoms with van der Waals surface area (Å²) in [5.74, 6) is -0.316. The largest absolute Gasteiger partial charge is 0.334 e. The lowest BCUT2D eigenvalue weighted by atomic mass is 10.1. The smallest absolute Gasteiger partial charge is 0.321 e. The Labute approximate surface area is 88.5 Å². The van der Waals surface area contributed by atoms with Crippen molar-refractivity contribution in [3.63, 3.8) is 0 Å². The van der Waals surface area contributed by atoms with E-state index in [1.807, 2.05) is 4.90 Å². The van der Waals surface area contributed by atoms with Crippen LogP contribution in [0.15, 0.2) is 12.7 Å². The summed E-state index contributed by atoms with van der Waals surface area (Å²) < 4.78 is 0. The van der Waals surface area contributed by atoms with Crippen molar-refractivity contribution < 1.29 is 9.59 Å². The molecule has 0 aliphatic carbocycles. The molecule has 0 aromatic heterocycles. The highest BCUT2D eigenvalue weighted by Gasteiger charge is 2.24. The van der Waals surface area contributed by atoms with E-state index in [0.717, 1.165) is 0 Å². The third-order valence-corrected chi connectivity index (χ3v) is 2.01. The number of rotatable bonds is 4. The van der Waals surface area contributed by atoms with Crippen LogP contribution >= 0.6 is 0 Å². The maximum Gasteiger partial charge on any atom is 0.321 e. The molecule has 0 atom stereocenters. The highest BCUT2D eigenvalue weighted by Crippen LogP contribution is 2.02. The summed E-state index contributed by atoms with van der Waals surface area (Å²) in [6, 6.07) is -0.336. The van der Waals surface area contributed by atoms with Crippen LogP contribution in [0.3, 0.4) is 0 Å². The number of hydrogen-bond acceptors (Lipinski definition) is 4. The Kier molecular flexibility index (Phi) is 4.26. The molecule has 1 rings (SSSR count). The van der Waals surface area contributed by atoms with Crippen LogP contribution in [0.4, 0.5) is 4.79 Å². The number of hydrogen-bond donors (Lipinski definition) is 3. The van der Waals surface area contributed by atoms with Gasteiger partial charge in [0.1, 0.15) is 0 Å². The summed E-state index contributed by atoms with van der Waals surface area (Å²) in [4.78, 5) is 24.2. The third kappa shape index (κ3) is 4.09. The van der Waals surface area contributed by atoms with E-state index in [1.54, 1.807) is 6.08 Å². The van der Waals surface area contributed by atoms with Crippen molar-refractivity contribution in [2.45, 2.75) is 6.04 Å². The van der Waals surface area contributed by atoms with Crippen LogP contribution in [0.5, 0.6) is 0 Å². The van der Waals surface area contributed by atoms with Gasteiger partial charge in [0.15, 0.2) is 0 Å². The molecule has 1 heterocycles. The van der Waals surface area contributed by atoms with Gasteiger partial charge >= 0.3 is 6.03 Å². The molecule has 0 unspecified atom stereocenters. The number of urea groups is 1. The fourth-order valence-electron chi connectivity index (χ4n) is 1.32. The number of nitrogens with zero attached hydrogens (tertiary/aromatic N) is 1.